The molecule has 5 nitrogen and oxygen atoms in total. The maximum absolute atomic E-state index is 13.1. The Morgan fingerprint density at radius 3 is 1.65 bits per heavy atom. The fourth-order valence-electron chi connectivity index (χ4n) is 4.63. The zero-order valence-corrected chi connectivity index (χ0v) is 22.0. The van der Waals surface area contributed by atoms with Crippen molar-refractivity contribution < 1.29 is 19.2 Å². The molecule has 1 rings (SSSR count). The average molecular weight is 476 g/mol. The molecule has 34 heavy (non-hydrogen) atoms. The number of carbonyl (C=O) groups excluding carboxylic acids is 3. The number of hydrogen-bond donors (Lipinski definition) is 0. The Morgan fingerprint density at radius 1 is 0.794 bits per heavy atom. The zero-order valence-electron chi connectivity index (χ0n) is 22.0. The maximum Gasteiger partial charge on any atom is 0.338 e. The number of imide groups is 1. The van der Waals surface area contributed by atoms with Crippen molar-refractivity contribution in [2.75, 3.05) is 0 Å². The van der Waals surface area contributed by atoms with E-state index in [1.165, 1.54) is 64.2 Å². The van der Waals surface area contributed by atoms with Crippen molar-refractivity contribution in [1.82, 2.24) is 5.06 Å². The summed E-state index contributed by atoms with van der Waals surface area (Å²) in [6, 6.07) is 0. The topological polar surface area (TPSA) is 63.7 Å². The van der Waals surface area contributed by atoms with Crippen LogP contribution in [0.2, 0.25) is 0 Å². The summed E-state index contributed by atoms with van der Waals surface area (Å²) in [4.78, 5) is 42.2. The van der Waals surface area contributed by atoms with E-state index < -0.39 is 23.2 Å². The Labute approximate surface area is 208 Å². The van der Waals surface area contributed by atoms with Crippen LogP contribution in [0.5, 0.6) is 0 Å². The highest BCUT2D eigenvalue weighted by Gasteiger charge is 2.40. The van der Waals surface area contributed by atoms with E-state index >= 15 is 0 Å². The lowest BCUT2D eigenvalue weighted by Gasteiger charge is -2.28. The first-order chi connectivity index (χ1) is 16.4. The number of rotatable bonds is 21. The molecule has 1 fully saturated rings. The minimum absolute atomic E-state index is 0.127. The highest BCUT2D eigenvalue weighted by Crippen LogP contribution is 2.34. The summed E-state index contributed by atoms with van der Waals surface area (Å²) < 4.78 is 0. The van der Waals surface area contributed by atoms with Gasteiger partial charge in [0, 0.05) is 19.3 Å². The molecule has 0 aliphatic carbocycles. The predicted octanol–water partition coefficient (Wildman–Crippen LogP) is 7.66. The van der Waals surface area contributed by atoms with Gasteiger partial charge < -0.3 is 4.84 Å². The highest BCUT2D eigenvalue weighted by atomic mass is 16.7. The second kappa shape index (κ2) is 18.5. The molecule has 0 radical (unpaired) electrons. The molecule has 1 unspecified atom stereocenters. The minimum atomic E-state index is -0.656. The van der Waals surface area contributed by atoms with Crippen LogP contribution in [0.1, 0.15) is 149 Å². The quantitative estimate of drug-likeness (QED) is 0.0970. The molecule has 0 bridgehead atoms. The summed E-state index contributed by atoms with van der Waals surface area (Å²) in [6.07, 6.45) is 26.8. The minimum Gasteiger partial charge on any atom is -0.330 e. The summed E-state index contributed by atoms with van der Waals surface area (Å²) in [7, 11) is 0. The Balaban J connectivity index is 2.42. The molecule has 0 N–H and O–H groups in total. The third-order valence-corrected chi connectivity index (χ3v) is 7.05. The maximum atomic E-state index is 13.1. The van der Waals surface area contributed by atoms with E-state index in [0.717, 1.165) is 57.8 Å². The summed E-state index contributed by atoms with van der Waals surface area (Å²) in [5, 5.41) is 0.701. The molecule has 194 valence electrons. The standard InChI is InChI=1S/C29H49NO4/c1-4-6-8-10-12-14-16-18-20-24-29(3,25-21-19-17-15-13-11-9-7-5-2)28(33)34-30-26(31)22-23-27(30)32/h1H,5-25H2,2-3H3. The molecule has 0 aromatic heterocycles. The first-order valence-electron chi connectivity index (χ1n) is 14.0. The van der Waals surface area contributed by atoms with E-state index in [2.05, 4.69) is 12.8 Å². The second-order valence-corrected chi connectivity index (χ2v) is 10.3. The van der Waals surface area contributed by atoms with Crippen molar-refractivity contribution in [3.8, 4) is 12.3 Å². The average Bonchev–Trinajstić information content (AvgIpc) is 3.14. The highest BCUT2D eigenvalue weighted by molar-refractivity contribution is 6.01. The van der Waals surface area contributed by atoms with Crippen molar-refractivity contribution in [2.45, 2.75) is 149 Å². The Hall–Kier alpha value is -1.83. The summed E-state index contributed by atoms with van der Waals surface area (Å²) >= 11 is 0. The number of terminal acetylenes is 1. The molecule has 1 heterocycles. The van der Waals surface area contributed by atoms with Crippen LogP contribution < -0.4 is 0 Å². The van der Waals surface area contributed by atoms with E-state index in [4.69, 9.17) is 11.3 Å². The van der Waals surface area contributed by atoms with Crippen LogP contribution in [0.4, 0.5) is 0 Å². The number of unbranched alkanes of at least 4 members (excludes halogenated alkanes) is 15. The van der Waals surface area contributed by atoms with Gasteiger partial charge in [-0.25, -0.2) is 4.79 Å². The van der Waals surface area contributed by atoms with Gasteiger partial charge in [0.1, 0.15) is 0 Å². The van der Waals surface area contributed by atoms with Gasteiger partial charge in [0.25, 0.3) is 11.8 Å². The van der Waals surface area contributed by atoms with Gasteiger partial charge in [-0.1, -0.05) is 103 Å². The molecule has 2 amide bonds. The Kier molecular flexibility index (Phi) is 16.4. The molecule has 1 saturated heterocycles. The first-order valence-corrected chi connectivity index (χ1v) is 14.0. The summed E-state index contributed by atoms with van der Waals surface area (Å²) in [5.41, 5.74) is -0.656. The summed E-state index contributed by atoms with van der Waals surface area (Å²) in [5.74, 6) is 1.44. The normalized spacial score (nSPS) is 15.4. The van der Waals surface area contributed by atoms with Crippen molar-refractivity contribution in [3.63, 3.8) is 0 Å². The van der Waals surface area contributed by atoms with Crippen molar-refractivity contribution in [1.29, 1.82) is 0 Å². The van der Waals surface area contributed by atoms with Gasteiger partial charge in [-0.3, -0.25) is 9.59 Å². The lowest BCUT2D eigenvalue weighted by molar-refractivity contribution is -0.205. The number of hydrogen-bond acceptors (Lipinski definition) is 4. The number of hydroxylamine groups is 2. The summed E-state index contributed by atoms with van der Waals surface area (Å²) in [6.45, 7) is 4.19. The van der Waals surface area contributed by atoms with Gasteiger partial charge in [-0.05, 0) is 26.2 Å². The van der Waals surface area contributed by atoms with E-state index in [0.29, 0.717) is 5.06 Å². The van der Waals surface area contributed by atoms with E-state index in [1.807, 2.05) is 6.92 Å². The molecule has 0 spiro atoms. The zero-order chi connectivity index (χ0) is 25.1. The first kappa shape index (κ1) is 30.2. The van der Waals surface area contributed by atoms with Gasteiger partial charge in [0.15, 0.2) is 0 Å². The van der Waals surface area contributed by atoms with Crippen molar-refractivity contribution in [2.24, 2.45) is 5.41 Å². The molecular formula is C29H49NO4. The Bertz CT molecular complexity index is 623. The lowest BCUT2D eigenvalue weighted by Crippen LogP contribution is -2.39. The lowest BCUT2D eigenvalue weighted by atomic mass is 9.79. The van der Waals surface area contributed by atoms with Gasteiger partial charge in [-0.15, -0.1) is 17.4 Å². The Morgan fingerprint density at radius 2 is 1.21 bits per heavy atom. The van der Waals surface area contributed by atoms with Gasteiger partial charge in [0.05, 0.1) is 5.41 Å². The SMILES string of the molecule is C#CCCCCCCCCCC(C)(CCCCCCCCCCC)C(=O)ON1C(=O)CCC1=O. The molecule has 0 saturated carbocycles. The van der Waals surface area contributed by atoms with Crippen LogP contribution in [0.25, 0.3) is 0 Å². The fourth-order valence-corrected chi connectivity index (χ4v) is 4.63. The van der Waals surface area contributed by atoms with Crippen LogP contribution >= 0.6 is 0 Å². The van der Waals surface area contributed by atoms with Crippen molar-refractivity contribution in [3.05, 3.63) is 0 Å². The molecule has 0 aromatic rings. The molecular weight excluding hydrogens is 426 g/mol. The molecule has 1 aliphatic rings. The van der Waals surface area contributed by atoms with Crippen LogP contribution in [0.15, 0.2) is 0 Å². The third kappa shape index (κ3) is 12.6. The number of carbonyl (C=O) groups is 3. The molecule has 0 aromatic carbocycles. The van der Waals surface area contributed by atoms with Crippen LogP contribution in [0.3, 0.4) is 0 Å². The van der Waals surface area contributed by atoms with Crippen molar-refractivity contribution >= 4 is 17.8 Å². The van der Waals surface area contributed by atoms with Gasteiger partial charge in [0.2, 0.25) is 0 Å². The van der Waals surface area contributed by atoms with E-state index in [-0.39, 0.29) is 12.8 Å². The second-order valence-electron chi connectivity index (χ2n) is 10.3. The van der Waals surface area contributed by atoms with E-state index in [9.17, 15) is 14.4 Å². The largest absolute Gasteiger partial charge is 0.338 e. The molecule has 5 heteroatoms. The molecule has 1 aliphatic heterocycles. The van der Waals surface area contributed by atoms with E-state index in [1.54, 1.807) is 0 Å². The number of nitrogens with zero attached hydrogens (tertiary/aromatic N) is 1. The fraction of sp³-hybridized carbons (Fsp3) is 0.828. The molecule has 1 atom stereocenters. The predicted molar refractivity (Wildman–Crippen MR) is 138 cm³/mol. The van der Waals surface area contributed by atoms with Gasteiger partial charge in [-0.2, -0.15) is 0 Å². The smallest absolute Gasteiger partial charge is 0.330 e. The van der Waals surface area contributed by atoms with Crippen LogP contribution in [0, 0.1) is 17.8 Å². The third-order valence-electron chi connectivity index (χ3n) is 7.05. The van der Waals surface area contributed by atoms with Crippen LogP contribution in [-0.2, 0) is 19.2 Å². The number of amides is 2. The van der Waals surface area contributed by atoms with Crippen LogP contribution in [-0.4, -0.2) is 22.8 Å². The van der Waals surface area contributed by atoms with Gasteiger partial charge >= 0.3 is 5.97 Å². The monoisotopic (exact) mass is 475 g/mol.